The molecule has 2 heterocycles. The Morgan fingerprint density at radius 3 is 2.71 bits per heavy atom. The van der Waals surface area contributed by atoms with Gasteiger partial charge in [-0.2, -0.15) is 4.98 Å². The van der Waals surface area contributed by atoms with Crippen molar-refractivity contribution in [3.05, 3.63) is 40.2 Å². The molecular formula is C20H23ClN6O3S. The summed E-state index contributed by atoms with van der Waals surface area (Å²) in [7, 11) is 3.08. The van der Waals surface area contributed by atoms with Crippen LogP contribution in [0.2, 0.25) is 5.02 Å². The van der Waals surface area contributed by atoms with Crippen molar-refractivity contribution in [2.24, 2.45) is 0 Å². The number of benzene rings is 1. The van der Waals surface area contributed by atoms with Gasteiger partial charge in [0.05, 0.1) is 25.8 Å². The lowest BCUT2D eigenvalue weighted by atomic mass is 10.1. The van der Waals surface area contributed by atoms with Gasteiger partial charge in [0, 0.05) is 29.0 Å². The van der Waals surface area contributed by atoms with E-state index in [0.717, 1.165) is 11.3 Å². The van der Waals surface area contributed by atoms with Crippen LogP contribution < -0.4 is 10.1 Å². The first-order valence-electron chi connectivity index (χ1n) is 9.37. The number of carbonyl (C=O) groups is 2. The summed E-state index contributed by atoms with van der Waals surface area (Å²) in [4.78, 5) is 35.4. The molecule has 0 spiro atoms. The van der Waals surface area contributed by atoms with Crippen molar-refractivity contribution in [1.82, 2.24) is 24.5 Å². The Bertz CT molecular complexity index is 1150. The zero-order chi connectivity index (χ0) is 22.7. The maximum absolute atomic E-state index is 12.8. The molecule has 0 radical (unpaired) electrons. The first kappa shape index (κ1) is 22.8. The Morgan fingerprint density at radius 2 is 2.03 bits per heavy atom. The molecule has 3 aromatic rings. The Balaban J connectivity index is 1.71. The molecule has 0 saturated carbocycles. The van der Waals surface area contributed by atoms with Crippen LogP contribution in [0.1, 0.15) is 17.0 Å². The molecule has 2 aromatic heterocycles. The van der Waals surface area contributed by atoms with Gasteiger partial charge in [0.2, 0.25) is 17.0 Å². The van der Waals surface area contributed by atoms with E-state index in [1.165, 1.54) is 23.8 Å². The first-order valence-corrected chi connectivity index (χ1v) is 11.0. The lowest BCUT2D eigenvalue weighted by molar-refractivity contribution is -0.132. The molecule has 31 heavy (non-hydrogen) atoms. The molecule has 0 saturated heterocycles. The number of rotatable bonds is 7. The lowest BCUT2D eigenvalue weighted by Gasteiger charge is -2.19. The molecule has 2 amide bonds. The minimum atomic E-state index is -0.362. The third-order valence-electron chi connectivity index (χ3n) is 4.78. The summed E-state index contributed by atoms with van der Waals surface area (Å²) in [5.41, 5.74) is 2.71. The van der Waals surface area contributed by atoms with Gasteiger partial charge in [-0.3, -0.25) is 9.59 Å². The molecular weight excluding hydrogens is 440 g/mol. The molecule has 0 unspecified atom stereocenters. The number of aryl methyl sites for hydroxylation is 2. The molecule has 0 atom stereocenters. The number of aromatic nitrogens is 4. The van der Waals surface area contributed by atoms with Crippen LogP contribution in [0.15, 0.2) is 23.4 Å². The number of hydrogen-bond acceptors (Lipinski definition) is 7. The van der Waals surface area contributed by atoms with Gasteiger partial charge in [-0.1, -0.05) is 23.4 Å². The molecule has 0 fully saturated rings. The van der Waals surface area contributed by atoms with E-state index < -0.39 is 0 Å². The van der Waals surface area contributed by atoms with Crippen LogP contribution >= 0.6 is 23.4 Å². The fourth-order valence-electron chi connectivity index (χ4n) is 3.09. The van der Waals surface area contributed by atoms with Crippen LogP contribution in [0.25, 0.3) is 5.78 Å². The number of nitrogens with one attached hydrogen (secondary N) is 1. The van der Waals surface area contributed by atoms with Crippen LogP contribution in [0.3, 0.4) is 0 Å². The molecule has 0 aliphatic heterocycles. The second kappa shape index (κ2) is 9.52. The quantitative estimate of drug-likeness (QED) is 0.538. The monoisotopic (exact) mass is 462 g/mol. The van der Waals surface area contributed by atoms with Gasteiger partial charge in [-0.15, -0.1) is 5.10 Å². The molecule has 11 heteroatoms. The van der Waals surface area contributed by atoms with E-state index in [-0.39, 0.29) is 24.8 Å². The van der Waals surface area contributed by atoms with Crippen molar-refractivity contribution < 1.29 is 14.3 Å². The van der Waals surface area contributed by atoms with Crippen LogP contribution in [0.4, 0.5) is 5.69 Å². The SMILES string of the molecule is COc1ccc(Cl)cc1NC(=O)CN(C)C(=O)Cc1c(C)nc2nc(SC)nn2c1C. The van der Waals surface area contributed by atoms with Gasteiger partial charge >= 0.3 is 0 Å². The Labute approximate surface area is 189 Å². The highest BCUT2D eigenvalue weighted by molar-refractivity contribution is 7.98. The fraction of sp³-hybridized carbons (Fsp3) is 0.350. The Hall–Kier alpha value is -2.85. The molecule has 9 nitrogen and oxygen atoms in total. The number of likely N-dealkylation sites (N-methyl/N-ethyl adjacent to an activating group) is 1. The Kier molecular flexibility index (Phi) is 7.01. The highest BCUT2D eigenvalue weighted by atomic mass is 35.5. The van der Waals surface area contributed by atoms with Crippen molar-refractivity contribution in [3.8, 4) is 5.75 Å². The van der Waals surface area contributed by atoms with E-state index in [1.807, 2.05) is 20.1 Å². The maximum atomic E-state index is 12.8. The molecule has 0 aliphatic carbocycles. The number of ether oxygens (including phenoxy) is 1. The van der Waals surface area contributed by atoms with Gasteiger partial charge in [0.15, 0.2) is 0 Å². The van der Waals surface area contributed by atoms with E-state index in [1.54, 1.807) is 29.8 Å². The first-order chi connectivity index (χ1) is 14.7. The third kappa shape index (κ3) is 5.08. The predicted molar refractivity (Wildman–Crippen MR) is 120 cm³/mol. The zero-order valence-electron chi connectivity index (χ0n) is 17.9. The van der Waals surface area contributed by atoms with E-state index >= 15 is 0 Å². The highest BCUT2D eigenvalue weighted by Crippen LogP contribution is 2.27. The maximum Gasteiger partial charge on any atom is 0.253 e. The molecule has 0 bridgehead atoms. The normalized spacial score (nSPS) is 10.9. The largest absolute Gasteiger partial charge is 0.495 e. The average molecular weight is 463 g/mol. The number of hydrogen-bond donors (Lipinski definition) is 1. The summed E-state index contributed by atoms with van der Waals surface area (Å²) in [6.45, 7) is 3.59. The number of nitrogens with zero attached hydrogens (tertiary/aromatic N) is 5. The summed E-state index contributed by atoms with van der Waals surface area (Å²) < 4.78 is 6.87. The smallest absolute Gasteiger partial charge is 0.253 e. The molecule has 3 rings (SSSR count). The summed E-state index contributed by atoms with van der Waals surface area (Å²) in [6, 6.07) is 4.92. The number of fused-ring (bicyclic) bond motifs is 1. The number of thioether (sulfide) groups is 1. The third-order valence-corrected chi connectivity index (χ3v) is 5.56. The summed E-state index contributed by atoms with van der Waals surface area (Å²) >= 11 is 7.42. The van der Waals surface area contributed by atoms with Gasteiger partial charge in [-0.25, -0.2) is 9.50 Å². The van der Waals surface area contributed by atoms with E-state index in [2.05, 4.69) is 20.4 Å². The fourth-order valence-corrected chi connectivity index (χ4v) is 3.60. The topological polar surface area (TPSA) is 102 Å². The minimum Gasteiger partial charge on any atom is -0.495 e. The van der Waals surface area contributed by atoms with E-state index in [0.29, 0.717) is 33.1 Å². The predicted octanol–water partition coefficient (Wildman–Crippen LogP) is 2.76. The average Bonchev–Trinajstić information content (AvgIpc) is 3.14. The standard InChI is InChI=1S/C20H23ClN6O3S/c1-11-14(12(2)27-19(22-11)24-20(25-27)31-5)9-18(29)26(3)10-17(28)23-15-8-13(21)6-7-16(15)30-4/h6-8H,9-10H2,1-5H3,(H,23,28). The van der Waals surface area contributed by atoms with E-state index in [9.17, 15) is 9.59 Å². The number of carbonyl (C=O) groups excluding carboxylic acids is 2. The molecule has 1 N–H and O–H groups in total. The van der Waals surface area contributed by atoms with Gasteiger partial charge in [0.25, 0.3) is 5.78 Å². The van der Waals surface area contributed by atoms with Gasteiger partial charge < -0.3 is 15.0 Å². The zero-order valence-corrected chi connectivity index (χ0v) is 19.5. The van der Waals surface area contributed by atoms with Crippen molar-refractivity contribution >= 4 is 46.6 Å². The van der Waals surface area contributed by atoms with Crippen LogP contribution in [0, 0.1) is 13.8 Å². The van der Waals surface area contributed by atoms with Crippen molar-refractivity contribution in [1.29, 1.82) is 0 Å². The number of halogens is 1. The number of anilines is 1. The summed E-state index contributed by atoms with van der Waals surface area (Å²) in [5, 5.41) is 8.21. The number of methoxy groups -OCH3 is 1. The van der Waals surface area contributed by atoms with Crippen molar-refractivity contribution in [2.75, 3.05) is 32.3 Å². The number of amides is 2. The second-order valence-corrected chi connectivity index (χ2v) is 8.10. The van der Waals surface area contributed by atoms with Gasteiger partial charge in [-0.05, 0) is 38.3 Å². The van der Waals surface area contributed by atoms with Gasteiger partial charge in [0.1, 0.15) is 5.75 Å². The van der Waals surface area contributed by atoms with Crippen LogP contribution in [-0.2, 0) is 16.0 Å². The molecule has 0 aliphatic rings. The summed E-state index contributed by atoms with van der Waals surface area (Å²) in [5.74, 6) is 0.402. The molecule has 1 aromatic carbocycles. The van der Waals surface area contributed by atoms with Crippen molar-refractivity contribution in [2.45, 2.75) is 25.4 Å². The van der Waals surface area contributed by atoms with Crippen molar-refractivity contribution in [3.63, 3.8) is 0 Å². The second-order valence-electron chi connectivity index (χ2n) is 6.89. The lowest BCUT2D eigenvalue weighted by Crippen LogP contribution is -2.36. The van der Waals surface area contributed by atoms with Crippen LogP contribution in [0.5, 0.6) is 5.75 Å². The van der Waals surface area contributed by atoms with Crippen LogP contribution in [-0.4, -0.2) is 63.3 Å². The van der Waals surface area contributed by atoms with E-state index in [4.69, 9.17) is 16.3 Å². The Morgan fingerprint density at radius 1 is 1.29 bits per heavy atom. The minimum absolute atomic E-state index is 0.0966. The summed E-state index contributed by atoms with van der Waals surface area (Å²) in [6.07, 6.45) is 1.99. The highest BCUT2D eigenvalue weighted by Gasteiger charge is 2.20. The molecule has 164 valence electrons.